The monoisotopic (exact) mass is 261 g/mol. The number of benzene rings is 1. The number of hydrogen-bond donors (Lipinski definition) is 1. The fourth-order valence-corrected chi connectivity index (χ4v) is 3.26. The Kier molecular flexibility index (Phi) is 4.04. The molecule has 2 atom stereocenters. The molecule has 1 N–H and O–H groups in total. The summed E-state index contributed by atoms with van der Waals surface area (Å²) in [5, 5.41) is 3.60. The number of para-hydroxylation sites is 1. The quantitative estimate of drug-likeness (QED) is 0.907. The van der Waals surface area contributed by atoms with Crippen LogP contribution in [0.3, 0.4) is 0 Å². The van der Waals surface area contributed by atoms with E-state index in [1.54, 1.807) is 0 Å². The average molecular weight is 261 g/mol. The minimum atomic E-state index is 0.336. The van der Waals surface area contributed by atoms with Crippen LogP contribution in [0.25, 0.3) is 0 Å². The molecule has 3 nitrogen and oxygen atoms in total. The van der Waals surface area contributed by atoms with Gasteiger partial charge in [0.1, 0.15) is 11.9 Å². The van der Waals surface area contributed by atoms with Crippen molar-refractivity contribution in [1.82, 2.24) is 5.32 Å². The van der Waals surface area contributed by atoms with Gasteiger partial charge in [-0.3, -0.25) is 0 Å². The Morgan fingerprint density at radius 3 is 2.79 bits per heavy atom. The average Bonchev–Trinajstić information content (AvgIpc) is 2.48. The number of fused-ring (bicyclic) bond motifs is 1. The van der Waals surface area contributed by atoms with Crippen LogP contribution < -0.4 is 10.1 Å². The fourth-order valence-electron chi connectivity index (χ4n) is 3.26. The Balaban J connectivity index is 1.79. The summed E-state index contributed by atoms with van der Waals surface area (Å²) >= 11 is 0. The van der Waals surface area contributed by atoms with E-state index in [0.29, 0.717) is 18.1 Å². The van der Waals surface area contributed by atoms with Gasteiger partial charge in [-0.05, 0) is 25.5 Å². The van der Waals surface area contributed by atoms with E-state index < -0.39 is 0 Å². The van der Waals surface area contributed by atoms with Crippen molar-refractivity contribution >= 4 is 0 Å². The third-order valence-electron chi connectivity index (χ3n) is 4.28. The second-order valence-corrected chi connectivity index (χ2v) is 5.49. The van der Waals surface area contributed by atoms with Crippen LogP contribution in [0, 0.1) is 5.92 Å². The summed E-state index contributed by atoms with van der Waals surface area (Å²) in [5.74, 6) is 1.71. The van der Waals surface area contributed by atoms with Crippen molar-refractivity contribution in [3.05, 3.63) is 29.8 Å². The molecule has 2 unspecified atom stereocenters. The summed E-state index contributed by atoms with van der Waals surface area (Å²) < 4.78 is 11.7. The summed E-state index contributed by atoms with van der Waals surface area (Å²) in [6.07, 6.45) is 3.68. The lowest BCUT2D eigenvalue weighted by Crippen LogP contribution is -2.39. The van der Waals surface area contributed by atoms with Crippen molar-refractivity contribution in [2.75, 3.05) is 19.8 Å². The molecule has 19 heavy (non-hydrogen) atoms. The zero-order valence-corrected chi connectivity index (χ0v) is 11.6. The summed E-state index contributed by atoms with van der Waals surface area (Å²) in [4.78, 5) is 0. The molecule has 104 valence electrons. The Labute approximate surface area is 115 Å². The first-order chi connectivity index (χ1) is 9.38. The molecule has 2 aliphatic heterocycles. The maximum absolute atomic E-state index is 6.25. The maximum atomic E-state index is 6.25. The molecule has 2 aliphatic rings. The first-order valence-electron chi connectivity index (χ1n) is 7.45. The van der Waals surface area contributed by atoms with E-state index in [1.165, 1.54) is 5.56 Å². The molecule has 1 aromatic rings. The van der Waals surface area contributed by atoms with Gasteiger partial charge in [-0.1, -0.05) is 25.1 Å². The molecular formula is C16H23NO2. The highest BCUT2D eigenvalue weighted by Gasteiger charge is 2.33. The Hall–Kier alpha value is -1.06. The lowest BCUT2D eigenvalue weighted by atomic mass is 9.86. The van der Waals surface area contributed by atoms with Crippen LogP contribution in [0.2, 0.25) is 0 Å². The van der Waals surface area contributed by atoms with Crippen molar-refractivity contribution in [3.8, 4) is 5.75 Å². The van der Waals surface area contributed by atoms with Crippen LogP contribution in [-0.4, -0.2) is 25.9 Å². The van der Waals surface area contributed by atoms with E-state index in [1.807, 2.05) is 0 Å². The molecule has 0 aliphatic carbocycles. The van der Waals surface area contributed by atoms with Gasteiger partial charge < -0.3 is 14.8 Å². The number of rotatable bonds is 3. The number of nitrogens with one attached hydrogen (secondary N) is 1. The van der Waals surface area contributed by atoms with Crippen LogP contribution in [-0.2, 0) is 4.74 Å². The minimum Gasteiger partial charge on any atom is -0.490 e. The van der Waals surface area contributed by atoms with Gasteiger partial charge in [0.25, 0.3) is 0 Å². The molecule has 0 bridgehead atoms. The molecular weight excluding hydrogens is 238 g/mol. The van der Waals surface area contributed by atoms with Crippen LogP contribution in [0.1, 0.15) is 37.8 Å². The zero-order valence-electron chi connectivity index (χ0n) is 11.6. The maximum Gasteiger partial charge on any atom is 0.124 e. The minimum absolute atomic E-state index is 0.336. The molecule has 1 fully saturated rings. The van der Waals surface area contributed by atoms with Gasteiger partial charge in [0.15, 0.2) is 0 Å². The van der Waals surface area contributed by atoms with E-state index in [0.717, 1.165) is 44.8 Å². The summed E-state index contributed by atoms with van der Waals surface area (Å²) in [5.41, 5.74) is 1.31. The van der Waals surface area contributed by atoms with Crippen LogP contribution in [0.4, 0.5) is 0 Å². The molecule has 0 spiro atoms. The second-order valence-electron chi connectivity index (χ2n) is 5.49. The molecule has 1 aromatic carbocycles. The molecule has 3 heteroatoms. The Morgan fingerprint density at radius 2 is 2.00 bits per heavy atom. The van der Waals surface area contributed by atoms with Crippen molar-refractivity contribution in [2.24, 2.45) is 5.92 Å². The molecule has 0 radical (unpaired) electrons. The predicted octanol–water partition coefficient (Wildman–Crippen LogP) is 2.91. The van der Waals surface area contributed by atoms with E-state index in [2.05, 4.69) is 36.5 Å². The molecule has 0 saturated carbocycles. The first-order valence-corrected chi connectivity index (χ1v) is 7.45. The molecule has 0 amide bonds. The van der Waals surface area contributed by atoms with E-state index in [4.69, 9.17) is 9.47 Å². The third kappa shape index (κ3) is 2.77. The van der Waals surface area contributed by atoms with Crippen LogP contribution in [0.15, 0.2) is 24.3 Å². The largest absolute Gasteiger partial charge is 0.490 e. The van der Waals surface area contributed by atoms with Crippen molar-refractivity contribution in [1.29, 1.82) is 0 Å². The summed E-state index contributed by atoms with van der Waals surface area (Å²) in [7, 11) is 0. The van der Waals surface area contributed by atoms with Gasteiger partial charge in [0.05, 0.1) is 0 Å². The van der Waals surface area contributed by atoms with Gasteiger partial charge in [-0.15, -0.1) is 0 Å². The second kappa shape index (κ2) is 5.93. The summed E-state index contributed by atoms with van der Waals surface area (Å²) in [6.45, 7) is 4.94. The van der Waals surface area contributed by atoms with E-state index >= 15 is 0 Å². The van der Waals surface area contributed by atoms with E-state index in [-0.39, 0.29) is 0 Å². The van der Waals surface area contributed by atoms with E-state index in [9.17, 15) is 0 Å². The molecule has 2 heterocycles. The predicted molar refractivity (Wildman–Crippen MR) is 75.4 cm³/mol. The van der Waals surface area contributed by atoms with Gasteiger partial charge in [-0.2, -0.15) is 0 Å². The third-order valence-corrected chi connectivity index (χ3v) is 4.28. The Morgan fingerprint density at radius 1 is 1.21 bits per heavy atom. The summed E-state index contributed by atoms with van der Waals surface area (Å²) in [6, 6.07) is 8.88. The van der Waals surface area contributed by atoms with Crippen molar-refractivity contribution in [3.63, 3.8) is 0 Å². The highest BCUT2D eigenvalue weighted by Crippen LogP contribution is 2.38. The Bertz CT molecular complexity index is 415. The number of ether oxygens (including phenoxy) is 2. The van der Waals surface area contributed by atoms with Gasteiger partial charge in [0.2, 0.25) is 0 Å². The van der Waals surface area contributed by atoms with Crippen molar-refractivity contribution < 1.29 is 9.47 Å². The molecule has 0 aromatic heterocycles. The molecule has 3 rings (SSSR count). The first kappa shape index (κ1) is 12.9. The van der Waals surface area contributed by atoms with Crippen LogP contribution >= 0.6 is 0 Å². The SMILES string of the molecule is CCNC1CC(C2CCOCC2)Oc2ccccc21. The lowest BCUT2D eigenvalue weighted by Gasteiger charge is -2.38. The lowest BCUT2D eigenvalue weighted by molar-refractivity contribution is 0.00539. The normalized spacial score (nSPS) is 27.6. The van der Waals surface area contributed by atoms with Gasteiger partial charge in [-0.25, -0.2) is 0 Å². The topological polar surface area (TPSA) is 30.5 Å². The van der Waals surface area contributed by atoms with Gasteiger partial charge >= 0.3 is 0 Å². The fraction of sp³-hybridized carbons (Fsp3) is 0.625. The van der Waals surface area contributed by atoms with Crippen LogP contribution in [0.5, 0.6) is 5.75 Å². The zero-order chi connectivity index (χ0) is 13.1. The highest BCUT2D eigenvalue weighted by atomic mass is 16.5. The standard InChI is InChI=1S/C16H23NO2/c1-2-17-14-11-16(12-7-9-18-10-8-12)19-15-6-4-3-5-13(14)15/h3-6,12,14,16-17H,2,7-11H2,1H3. The number of hydrogen-bond acceptors (Lipinski definition) is 3. The smallest absolute Gasteiger partial charge is 0.124 e. The van der Waals surface area contributed by atoms with Crippen molar-refractivity contribution in [2.45, 2.75) is 38.3 Å². The van der Waals surface area contributed by atoms with Gasteiger partial charge in [0, 0.05) is 37.2 Å². The molecule has 1 saturated heterocycles. The highest BCUT2D eigenvalue weighted by molar-refractivity contribution is 5.38.